The zero-order valence-corrected chi connectivity index (χ0v) is 13.0. The van der Waals surface area contributed by atoms with E-state index >= 15 is 0 Å². The van der Waals surface area contributed by atoms with E-state index in [-0.39, 0.29) is 5.54 Å². The van der Waals surface area contributed by atoms with Crippen molar-refractivity contribution >= 4 is 0 Å². The van der Waals surface area contributed by atoms with Crippen LogP contribution >= 0.6 is 0 Å². The fourth-order valence-electron chi connectivity index (χ4n) is 3.38. The molecule has 2 N–H and O–H groups in total. The molecule has 4 nitrogen and oxygen atoms in total. The Balaban J connectivity index is 2.45. The standard InChI is InChI=1S/C15H32N2O2/c1-4-17(8-9-19-11-10-18-3)15(13-16)7-5-6-14(2)12-15/h14H,4-13,16H2,1-3H3. The van der Waals surface area contributed by atoms with E-state index in [4.69, 9.17) is 15.2 Å². The quantitative estimate of drug-likeness (QED) is 0.651. The highest BCUT2D eigenvalue weighted by Crippen LogP contribution is 2.36. The van der Waals surface area contributed by atoms with Crippen LogP contribution in [-0.2, 0) is 9.47 Å². The summed E-state index contributed by atoms with van der Waals surface area (Å²) < 4.78 is 10.6. The predicted octanol–water partition coefficient (Wildman–Crippen LogP) is 1.88. The lowest BCUT2D eigenvalue weighted by Gasteiger charge is -2.47. The van der Waals surface area contributed by atoms with Gasteiger partial charge >= 0.3 is 0 Å². The van der Waals surface area contributed by atoms with Gasteiger partial charge in [0.25, 0.3) is 0 Å². The molecule has 0 bridgehead atoms. The van der Waals surface area contributed by atoms with Crippen LogP contribution in [0.2, 0.25) is 0 Å². The maximum atomic E-state index is 6.13. The average molecular weight is 272 g/mol. The molecule has 2 unspecified atom stereocenters. The van der Waals surface area contributed by atoms with Gasteiger partial charge in [0.1, 0.15) is 0 Å². The molecule has 2 atom stereocenters. The first-order valence-corrected chi connectivity index (χ1v) is 7.70. The van der Waals surface area contributed by atoms with Crippen molar-refractivity contribution in [1.29, 1.82) is 0 Å². The molecule has 0 saturated heterocycles. The maximum absolute atomic E-state index is 6.13. The van der Waals surface area contributed by atoms with Crippen LogP contribution in [0.1, 0.15) is 39.5 Å². The second kappa shape index (κ2) is 8.90. The Morgan fingerprint density at radius 3 is 2.68 bits per heavy atom. The lowest BCUT2D eigenvalue weighted by atomic mass is 9.75. The lowest BCUT2D eigenvalue weighted by molar-refractivity contribution is 0.00586. The SMILES string of the molecule is CCN(CCOCCOC)C1(CN)CCCC(C)C1. The normalized spacial score (nSPS) is 27.9. The second-order valence-corrected chi connectivity index (χ2v) is 5.81. The van der Waals surface area contributed by atoms with Crippen molar-refractivity contribution in [2.24, 2.45) is 11.7 Å². The Labute approximate surface area is 118 Å². The highest BCUT2D eigenvalue weighted by molar-refractivity contribution is 4.95. The number of hydrogen-bond donors (Lipinski definition) is 1. The van der Waals surface area contributed by atoms with Crippen LogP contribution in [0.3, 0.4) is 0 Å². The van der Waals surface area contributed by atoms with E-state index in [0.717, 1.165) is 32.2 Å². The Morgan fingerprint density at radius 1 is 1.32 bits per heavy atom. The zero-order valence-electron chi connectivity index (χ0n) is 13.0. The predicted molar refractivity (Wildman–Crippen MR) is 79.4 cm³/mol. The van der Waals surface area contributed by atoms with Gasteiger partial charge in [-0.15, -0.1) is 0 Å². The van der Waals surface area contributed by atoms with Gasteiger partial charge in [-0.1, -0.05) is 26.7 Å². The first-order chi connectivity index (χ1) is 9.18. The highest BCUT2D eigenvalue weighted by atomic mass is 16.5. The molecule has 0 spiro atoms. The summed E-state index contributed by atoms with van der Waals surface area (Å²) in [5.41, 5.74) is 6.33. The van der Waals surface area contributed by atoms with Crippen molar-refractivity contribution in [2.75, 3.05) is 46.6 Å². The summed E-state index contributed by atoms with van der Waals surface area (Å²) in [5.74, 6) is 0.792. The topological polar surface area (TPSA) is 47.7 Å². The fraction of sp³-hybridized carbons (Fsp3) is 1.00. The maximum Gasteiger partial charge on any atom is 0.0700 e. The molecule has 1 aliphatic carbocycles. The minimum absolute atomic E-state index is 0.205. The molecule has 0 amide bonds. The number of nitrogens with two attached hydrogens (primary N) is 1. The third-order valence-electron chi connectivity index (χ3n) is 4.44. The van der Waals surface area contributed by atoms with E-state index in [9.17, 15) is 0 Å². The molecule has 0 aromatic rings. The summed E-state index contributed by atoms with van der Waals surface area (Å²) in [6, 6.07) is 0. The van der Waals surface area contributed by atoms with Crippen molar-refractivity contribution < 1.29 is 9.47 Å². The highest BCUT2D eigenvalue weighted by Gasteiger charge is 2.38. The van der Waals surface area contributed by atoms with Crippen LogP contribution in [0.15, 0.2) is 0 Å². The van der Waals surface area contributed by atoms with Crippen LogP contribution in [0.5, 0.6) is 0 Å². The van der Waals surface area contributed by atoms with Gasteiger partial charge in [-0.3, -0.25) is 4.90 Å². The first-order valence-electron chi connectivity index (χ1n) is 7.70. The van der Waals surface area contributed by atoms with Crippen LogP contribution in [0, 0.1) is 5.92 Å². The van der Waals surface area contributed by atoms with Gasteiger partial charge in [0.05, 0.1) is 19.8 Å². The molecular weight excluding hydrogens is 240 g/mol. The Kier molecular flexibility index (Phi) is 7.91. The summed E-state index contributed by atoms with van der Waals surface area (Å²) >= 11 is 0. The Morgan fingerprint density at radius 2 is 2.11 bits per heavy atom. The number of hydrogen-bond acceptors (Lipinski definition) is 4. The van der Waals surface area contributed by atoms with Gasteiger partial charge < -0.3 is 15.2 Å². The average Bonchev–Trinajstić information content (AvgIpc) is 2.42. The van der Waals surface area contributed by atoms with Crippen molar-refractivity contribution in [3.8, 4) is 0 Å². The van der Waals surface area contributed by atoms with Crippen LogP contribution in [0.4, 0.5) is 0 Å². The van der Waals surface area contributed by atoms with Crippen LogP contribution < -0.4 is 5.73 Å². The number of ether oxygens (including phenoxy) is 2. The smallest absolute Gasteiger partial charge is 0.0700 e. The van der Waals surface area contributed by atoms with Gasteiger partial charge in [0.2, 0.25) is 0 Å². The zero-order chi connectivity index (χ0) is 14.1. The van der Waals surface area contributed by atoms with Gasteiger partial charge in [-0.25, -0.2) is 0 Å². The first kappa shape index (κ1) is 16.9. The molecule has 0 heterocycles. The van der Waals surface area contributed by atoms with Crippen molar-refractivity contribution in [3.05, 3.63) is 0 Å². The molecule has 0 aromatic carbocycles. The van der Waals surface area contributed by atoms with E-state index in [1.807, 2.05) is 0 Å². The molecule has 0 aromatic heterocycles. The summed E-state index contributed by atoms with van der Waals surface area (Å²) in [6.07, 6.45) is 5.12. The van der Waals surface area contributed by atoms with Crippen LogP contribution in [0.25, 0.3) is 0 Å². The van der Waals surface area contributed by atoms with Crippen molar-refractivity contribution in [3.63, 3.8) is 0 Å². The van der Waals surface area contributed by atoms with E-state index in [2.05, 4.69) is 18.7 Å². The minimum Gasteiger partial charge on any atom is -0.382 e. The Hall–Kier alpha value is -0.160. The third-order valence-corrected chi connectivity index (χ3v) is 4.44. The number of rotatable bonds is 9. The molecule has 4 heteroatoms. The number of nitrogens with zero attached hydrogens (tertiary/aromatic N) is 1. The summed E-state index contributed by atoms with van der Waals surface area (Å²) in [4.78, 5) is 2.54. The molecular formula is C15H32N2O2. The third kappa shape index (κ3) is 5.03. The van der Waals surface area contributed by atoms with Gasteiger partial charge in [-0.2, -0.15) is 0 Å². The molecule has 19 heavy (non-hydrogen) atoms. The minimum atomic E-state index is 0.205. The van der Waals surface area contributed by atoms with Gasteiger partial charge in [0, 0.05) is 25.7 Å². The van der Waals surface area contributed by atoms with Gasteiger partial charge in [0.15, 0.2) is 0 Å². The summed E-state index contributed by atoms with van der Waals surface area (Å²) in [7, 11) is 1.70. The van der Waals surface area contributed by atoms with E-state index in [1.165, 1.54) is 25.7 Å². The summed E-state index contributed by atoms with van der Waals surface area (Å²) in [6.45, 7) is 9.50. The van der Waals surface area contributed by atoms with Crippen molar-refractivity contribution in [1.82, 2.24) is 4.90 Å². The fourth-order valence-corrected chi connectivity index (χ4v) is 3.38. The molecule has 114 valence electrons. The number of likely N-dealkylation sites (N-methyl/N-ethyl adjacent to an activating group) is 1. The molecule has 1 saturated carbocycles. The molecule has 1 rings (SSSR count). The molecule has 0 aliphatic heterocycles. The Bertz CT molecular complexity index is 238. The van der Waals surface area contributed by atoms with Crippen LogP contribution in [-0.4, -0.2) is 57.0 Å². The summed E-state index contributed by atoms with van der Waals surface area (Å²) in [5, 5.41) is 0. The lowest BCUT2D eigenvalue weighted by Crippen LogP contribution is -2.57. The second-order valence-electron chi connectivity index (χ2n) is 5.81. The largest absolute Gasteiger partial charge is 0.382 e. The van der Waals surface area contributed by atoms with E-state index < -0.39 is 0 Å². The molecule has 1 fully saturated rings. The van der Waals surface area contributed by atoms with E-state index in [1.54, 1.807) is 7.11 Å². The monoisotopic (exact) mass is 272 g/mol. The molecule has 0 radical (unpaired) electrons. The number of methoxy groups -OCH3 is 1. The van der Waals surface area contributed by atoms with E-state index in [0.29, 0.717) is 13.2 Å². The van der Waals surface area contributed by atoms with Gasteiger partial charge in [-0.05, 0) is 25.3 Å². The van der Waals surface area contributed by atoms with Crippen molar-refractivity contribution in [2.45, 2.75) is 45.1 Å². The molecule has 1 aliphatic rings.